The van der Waals surface area contributed by atoms with Gasteiger partial charge in [0.05, 0.1) is 5.60 Å². The van der Waals surface area contributed by atoms with Gasteiger partial charge in [-0.25, -0.2) is 13.1 Å². The van der Waals surface area contributed by atoms with Gasteiger partial charge in [0, 0.05) is 31.6 Å². The summed E-state index contributed by atoms with van der Waals surface area (Å²) in [6.07, 6.45) is 2.55. The second-order valence-electron chi connectivity index (χ2n) is 4.39. The quantitative estimate of drug-likeness (QED) is 0.789. The van der Waals surface area contributed by atoms with Gasteiger partial charge in [-0.1, -0.05) is 0 Å². The fourth-order valence-electron chi connectivity index (χ4n) is 1.40. The number of ether oxygens (including phenoxy) is 1. The molecule has 0 saturated carbocycles. The molecule has 0 fully saturated rings. The fraction of sp³-hybridized carbons (Fsp3) is 0.545. The molecule has 1 heterocycles. The van der Waals surface area contributed by atoms with Crippen molar-refractivity contribution in [3.8, 4) is 0 Å². The lowest BCUT2D eigenvalue weighted by Gasteiger charge is -2.24. The second kappa shape index (κ2) is 5.64. The molecule has 2 N–H and O–H groups in total. The lowest BCUT2D eigenvalue weighted by molar-refractivity contribution is -0.00515. The Balaban J connectivity index is 2.85. The van der Waals surface area contributed by atoms with Crippen LogP contribution < -0.4 is 10.2 Å². The second-order valence-corrected chi connectivity index (χ2v) is 6.13. The Kier molecular flexibility index (Phi) is 4.66. The van der Waals surface area contributed by atoms with Crippen LogP contribution in [0.25, 0.3) is 0 Å². The average Bonchev–Trinajstić information content (AvgIpc) is 2.27. The van der Waals surface area contributed by atoms with Gasteiger partial charge in [0.15, 0.2) is 0 Å². The van der Waals surface area contributed by atoms with Crippen molar-refractivity contribution in [2.24, 2.45) is 0 Å². The van der Waals surface area contributed by atoms with E-state index in [2.05, 4.69) is 9.71 Å². The minimum absolute atomic E-state index is 0.0947. The third kappa shape index (κ3) is 3.94. The van der Waals surface area contributed by atoms with Crippen molar-refractivity contribution in [1.29, 1.82) is 0 Å². The van der Waals surface area contributed by atoms with E-state index < -0.39 is 21.1 Å². The van der Waals surface area contributed by atoms with E-state index in [1.54, 1.807) is 13.8 Å². The van der Waals surface area contributed by atoms with Crippen LogP contribution in [0.5, 0.6) is 0 Å². The number of rotatable bonds is 6. The van der Waals surface area contributed by atoms with Crippen molar-refractivity contribution < 1.29 is 13.2 Å². The van der Waals surface area contributed by atoms with E-state index in [0.717, 1.165) is 0 Å². The molecule has 1 aromatic rings. The highest BCUT2D eigenvalue weighted by Crippen LogP contribution is 2.09. The van der Waals surface area contributed by atoms with E-state index in [0.29, 0.717) is 6.61 Å². The number of aromatic amines is 1. The number of hydrogen-bond acceptors (Lipinski definition) is 4. The van der Waals surface area contributed by atoms with E-state index in [9.17, 15) is 13.2 Å². The van der Waals surface area contributed by atoms with Gasteiger partial charge >= 0.3 is 0 Å². The van der Waals surface area contributed by atoms with Crippen molar-refractivity contribution in [3.05, 3.63) is 28.7 Å². The molecule has 0 aliphatic heterocycles. The summed E-state index contributed by atoms with van der Waals surface area (Å²) in [5.74, 6) is 0. The molecule has 0 bridgehead atoms. The van der Waals surface area contributed by atoms with Crippen LogP contribution in [0.1, 0.15) is 20.8 Å². The molecule has 6 nitrogen and oxygen atoms in total. The van der Waals surface area contributed by atoms with E-state index in [1.165, 1.54) is 18.5 Å². The maximum absolute atomic E-state index is 11.9. The molecule has 0 atom stereocenters. The predicted octanol–water partition coefficient (Wildman–Crippen LogP) is 0.468. The molecule has 1 aromatic heterocycles. The molecule has 0 aliphatic rings. The number of nitrogens with one attached hydrogen (secondary N) is 2. The van der Waals surface area contributed by atoms with E-state index in [4.69, 9.17) is 4.74 Å². The molecule has 18 heavy (non-hydrogen) atoms. The lowest BCUT2D eigenvalue weighted by atomic mass is 10.1. The summed E-state index contributed by atoms with van der Waals surface area (Å²) in [5, 5.41) is 0. The summed E-state index contributed by atoms with van der Waals surface area (Å²) in [4.78, 5) is 13.7. The van der Waals surface area contributed by atoms with Crippen LogP contribution in [0, 0.1) is 0 Å². The molecule has 0 spiro atoms. The maximum Gasteiger partial charge on any atom is 0.246 e. The van der Waals surface area contributed by atoms with Gasteiger partial charge in [0.2, 0.25) is 15.5 Å². The van der Waals surface area contributed by atoms with Crippen LogP contribution in [0.4, 0.5) is 0 Å². The Labute approximate surface area is 106 Å². The Morgan fingerprint density at radius 2 is 2.11 bits per heavy atom. The molecule has 1 rings (SSSR count). The van der Waals surface area contributed by atoms with Gasteiger partial charge in [0.25, 0.3) is 0 Å². The first-order valence-electron chi connectivity index (χ1n) is 5.59. The standard InChI is InChI=1S/C11H18N2O4S/c1-4-17-11(2,3)8-13-18(15,16)10-7-12-6-5-9(10)14/h5-7,13H,4,8H2,1-3H3,(H,12,14). The minimum atomic E-state index is -3.82. The lowest BCUT2D eigenvalue weighted by Crippen LogP contribution is -2.41. The van der Waals surface area contributed by atoms with Crippen molar-refractivity contribution >= 4 is 10.0 Å². The van der Waals surface area contributed by atoms with Crippen LogP contribution in [0.3, 0.4) is 0 Å². The Hall–Kier alpha value is -1.18. The summed E-state index contributed by atoms with van der Waals surface area (Å²) in [6, 6.07) is 1.17. The molecule has 0 unspecified atom stereocenters. The van der Waals surface area contributed by atoms with Gasteiger partial charge in [-0.05, 0) is 20.8 Å². The summed E-state index contributed by atoms with van der Waals surface area (Å²) >= 11 is 0. The highest BCUT2D eigenvalue weighted by atomic mass is 32.2. The Morgan fingerprint density at radius 1 is 1.44 bits per heavy atom. The average molecular weight is 274 g/mol. The third-order valence-electron chi connectivity index (χ3n) is 2.30. The van der Waals surface area contributed by atoms with Gasteiger partial charge in [-0.2, -0.15) is 0 Å². The number of pyridine rings is 1. The van der Waals surface area contributed by atoms with Crippen LogP contribution >= 0.6 is 0 Å². The predicted molar refractivity (Wildman–Crippen MR) is 68.0 cm³/mol. The highest BCUT2D eigenvalue weighted by Gasteiger charge is 2.23. The smallest absolute Gasteiger partial charge is 0.246 e. The molecule has 0 radical (unpaired) electrons. The van der Waals surface area contributed by atoms with E-state index in [-0.39, 0.29) is 11.4 Å². The number of H-pyrrole nitrogens is 1. The molecule has 102 valence electrons. The third-order valence-corrected chi connectivity index (χ3v) is 3.72. The topological polar surface area (TPSA) is 88.3 Å². The van der Waals surface area contributed by atoms with Crippen molar-refractivity contribution in [1.82, 2.24) is 9.71 Å². The summed E-state index contributed by atoms with van der Waals surface area (Å²) in [7, 11) is -3.82. The zero-order chi connectivity index (χ0) is 13.8. The number of sulfonamides is 1. The fourth-order valence-corrected chi connectivity index (χ4v) is 2.65. The highest BCUT2D eigenvalue weighted by molar-refractivity contribution is 7.89. The summed E-state index contributed by atoms with van der Waals surface area (Å²) < 4.78 is 31.6. The van der Waals surface area contributed by atoms with Gasteiger partial charge < -0.3 is 9.72 Å². The zero-order valence-corrected chi connectivity index (χ0v) is 11.5. The monoisotopic (exact) mass is 274 g/mol. The molecular formula is C11H18N2O4S. The van der Waals surface area contributed by atoms with Gasteiger partial charge in [0.1, 0.15) is 4.90 Å². The molecule has 0 aromatic carbocycles. The van der Waals surface area contributed by atoms with Crippen molar-refractivity contribution in [2.45, 2.75) is 31.3 Å². The van der Waals surface area contributed by atoms with Gasteiger partial charge in [-0.15, -0.1) is 0 Å². The molecule has 0 saturated heterocycles. The molecule has 0 amide bonds. The SMILES string of the molecule is CCOC(C)(C)CNS(=O)(=O)c1c[nH]ccc1=O. The van der Waals surface area contributed by atoms with E-state index >= 15 is 0 Å². The maximum atomic E-state index is 11.9. The van der Waals surface area contributed by atoms with Crippen molar-refractivity contribution in [2.75, 3.05) is 13.2 Å². The minimum Gasteiger partial charge on any atom is -0.375 e. The van der Waals surface area contributed by atoms with Crippen molar-refractivity contribution in [3.63, 3.8) is 0 Å². The first-order valence-corrected chi connectivity index (χ1v) is 7.07. The van der Waals surface area contributed by atoms with Crippen LogP contribution in [0.2, 0.25) is 0 Å². The normalized spacial score (nSPS) is 12.6. The van der Waals surface area contributed by atoms with Gasteiger partial charge in [-0.3, -0.25) is 4.79 Å². The number of aromatic nitrogens is 1. The summed E-state index contributed by atoms with van der Waals surface area (Å²) in [6.45, 7) is 5.96. The summed E-state index contributed by atoms with van der Waals surface area (Å²) in [5.41, 5.74) is -1.17. The zero-order valence-electron chi connectivity index (χ0n) is 10.7. The first-order chi connectivity index (χ1) is 8.28. The van der Waals surface area contributed by atoms with Crippen LogP contribution in [-0.4, -0.2) is 32.2 Å². The van der Waals surface area contributed by atoms with Crippen LogP contribution in [0.15, 0.2) is 28.2 Å². The Morgan fingerprint density at radius 3 is 2.67 bits per heavy atom. The Bertz CT molecular complexity index is 548. The largest absolute Gasteiger partial charge is 0.375 e. The van der Waals surface area contributed by atoms with Crippen LogP contribution in [-0.2, 0) is 14.8 Å². The number of hydrogen-bond donors (Lipinski definition) is 2. The molecule has 7 heteroatoms. The molecular weight excluding hydrogens is 256 g/mol. The molecule has 0 aliphatic carbocycles. The van der Waals surface area contributed by atoms with E-state index in [1.807, 2.05) is 6.92 Å². The first kappa shape index (κ1) is 14.9.